The van der Waals surface area contributed by atoms with Gasteiger partial charge in [0.25, 0.3) is 0 Å². The molecule has 5 nitrogen and oxygen atoms in total. The highest BCUT2D eigenvalue weighted by atomic mass is 16.5. The number of nitrogens with one attached hydrogen (secondary N) is 1. The van der Waals surface area contributed by atoms with E-state index < -0.39 is 5.97 Å². The van der Waals surface area contributed by atoms with Gasteiger partial charge in [0.15, 0.2) is 0 Å². The van der Waals surface area contributed by atoms with Crippen molar-refractivity contribution in [1.82, 2.24) is 0 Å². The Labute approximate surface area is 110 Å². The number of phenolic OH excluding ortho intramolecular Hbond substituents is 1. The summed E-state index contributed by atoms with van der Waals surface area (Å²) < 4.78 is 9.71. The molecule has 19 heavy (non-hydrogen) atoms. The van der Waals surface area contributed by atoms with E-state index in [1.54, 1.807) is 12.1 Å². The Morgan fingerprint density at radius 3 is 2.89 bits per heavy atom. The van der Waals surface area contributed by atoms with Gasteiger partial charge in [-0.1, -0.05) is 6.07 Å². The number of anilines is 1. The van der Waals surface area contributed by atoms with Crippen LogP contribution in [0.15, 0.2) is 34.9 Å². The second-order valence-corrected chi connectivity index (χ2v) is 4.12. The second kappa shape index (κ2) is 5.48. The molecule has 2 aromatic rings. The minimum atomic E-state index is -0.506. The number of aryl methyl sites for hydroxylation is 1. The van der Waals surface area contributed by atoms with Crippen molar-refractivity contribution >= 4 is 11.7 Å². The molecular formula is C14H15NO4. The molecule has 0 saturated heterocycles. The van der Waals surface area contributed by atoms with Crippen LogP contribution in [0.25, 0.3) is 0 Å². The number of furan rings is 1. The molecule has 2 N–H and O–H groups in total. The van der Waals surface area contributed by atoms with Crippen LogP contribution >= 0.6 is 0 Å². The minimum Gasteiger partial charge on any atom is -0.508 e. The molecule has 0 aliphatic carbocycles. The lowest BCUT2D eigenvalue weighted by Gasteiger charge is -2.07. The molecule has 0 saturated carbocycles. The summed E-state index contributed by atoms with van der Waals surface area (Å²) in [6.07, 6.45) is 1.44. The molecule has 0 aliphatic heterocycles. The van der Waals surface area contributed by atoms with E-state index in [0.717, 1.165) is 11.3 Å². The average Bonchev–Trinajstić information content (AvgIpc) is 2.87. The largest absolute Gasteiger partial charge is 0.508 e. The highest BCUT2D eigenvalue weighted by molar-refractivity contribution is 5.87. The Balaban J connectivity index is 2.08. The van der Waals surface area contributed by atoms with Crippen LogP contribution in [0.3, 0.4) is 0 Å². The summed E-state index contributed by atoms with van der Waals surface area (Å²) in [4.78, 5) is 11.4. The molecule has 0 atom stereocenters. The average molecular weight is 261 g/mol. The maximum Gasteiger partial charge on any atom is 0.374 e. The van der Waals surface area contributed by atoms with Gasteiger partial charge in [-0.3, -0.25) is 0 Å². The van der Waals surface area contributed by atoms with E-state index in [9.17, 15) is 9.90 Å². The summed E-state index contributed by atoms with van der Waals surface area (Å²) in [7, 11) is 1.31. The molecule has 5 heteroatoms. The van der Waals surface area contributed by atoms with E-state index in [1.165, 1.54) is 13.4 Å². The molecule has 0 spiro atoms. The SMILES string of the molecule is COC(=O)c1occc1CNc1ccc(C)c(O)c1. The van der Waals surface area contributed by atoms with Gasteiger partial charge in [-0.15, -0.1) is 0 Å². The molecule has 0 fully saturated rings. The van der Waals surface area contributed by atoms with Crippen LogP contribution in [0.2, 0.25) is 0 Å². The van der Waals surface area contributed by atoms with Gasteiger partial charge in [0.05, 0.1) is 13.4 Å². The second-order valence-electron chi connectivity index (χ2n) is 4.12. The molecule has 0 bridgehead atoms. The highest BCUT2D eigenvalue weighted by Gasteiger charge is 2.15. The van der Waals surface area contributed by atoms with Crippen LogP contribution in [0.5, 0.6) is 5.75 Å². The number of carbonyl (C=O) groups excluding carboxylic acids is 1. The van der Waals surface area contributed by atoms with Crippen LogP contribution in [0.4, 0.5) is 5.69 Å². The predicted octanol–water partition coefficient (Wildman–Crippen LogP) is 2.69. The molecule has 1 heterocycles. The zero-order valence-corrected chi connectivity index (χ0v) is 10.8. The summed E-state index contributed by atoms with van der Waals surface area (Å²) in [5, 5.41) is 12.7. The smallest absolute Gasteiger partial charge is 0.374 e. The fourth-order valence-electron chi connectivity index (χ4n) is 1.66. The Bertz CT molecular complexity index is 589. The number of hydrogen-bond acceptors (Lipinski definition) is 5. The molecule has 0 radical (unpaired) electrons. The van der Waals surface area contributed by atoms with E-state index in [-0.39, 0.29) is 11.5 Å². The van der Waals surface area contributed by atoms with Crippen molar-refractivity contribution in [1.29, 1.82) is 0 Å². The molecular weight excluding hydrogens is 246 g/mol. The lowest BCUT2D eigenvalue weighted by atomic mass is 10.2. The van der Waals surface area contributed by atoms with E-state index in [4.69, 9.17) is 4.42 Å². The van der Waals surface area contributed by atoms with E-state index in [1.807, 2.05) is 19.1 Å². The number of rotatable bonds is 4. The van der Waals surface area contributed by atoms with Crippen LogP contribution in [-0.2, 0) is 11.3 Å². The van der Waals surface area contributed by atoms with Crippen molar-refractivity contribution < 1.29 is 19.1 Å². The number of aromatic hydroxyl groups is 1. The monoisotopic (exact) mass is 261 g/mol. The Kier molecular flexibility index (Phi) is 3.75. The number of ether oxygens (including phenoxy) is 1. The molecule has 2 rings (SSSR count). The number of esters is 1. The summed E-state index contributed by atoms with van der Waals surface area (Å²) in [6, 6.07) is 7.00. The fraction of sp³-hybridized carbons (Fsp3) is 0.214. The minimum absolute atomic E-state index is 0.186. The quantitative estimate of drug-likeness (QED) is 0.828. The first-order valence-corrected chi connectivity index (χ1v) is 5.80. The molecule has 0 unspecified atom stereocenters. The summed E-state index contributed by atoms with van der Waals surface area (Å²) in [5.74, 6) is -0.0923. The molecule has 0 amide bonds. The summed E-state index contributed by atoms with van der Waals surface area (Å²) in [6.45, 7) is 2.23. The molecule has 1 aromatic heterocycles. The maximum atomic E-state index is 11.4. The summed E-state index contributed by atoms with van der Waals surface area (Å²) >= 11 is 0. The normalized spacial score (nSPS) is 10.2. The van der Waals surface area contributed by atoms with Crippen molar-refractivity contribution in [3.05, 3.63) is 47.4 Å². The van der Waals surface area contributed by atoms with Crippen molar-refractivity contribution in [3.63, 3.8) is 0 Å². The van der Waals surface area contributed by atoms with Crippen molar-refractivity contribution in [3.8, 4) is 5.75 Å². The number of carbonyl (C=O) groups is 1. The third-order valence-electron chi connectivity index (χ3n) is 2.81. The zero-order valence-electron chi connectivity index (χ0n) is 10.8. The number of hydrogen-bond donors (Lipinski definition) is 2. The van der Waals surface area contributed by atoms with E-state index in [0.29, 0.717) is 12.1 Å². The van der Waals surface area contributed by atoms with Crippen molar-refractivity contribution in [2.75, 3.05) is 12.4 Å². The first kappa shape index (κ1) is 13.0. The van der Waals surface area contributed by atoms with Crippen LogP contribution in [0.1, 0.15) is 21.7 Å². The number of phenols is 1. The standard InChI is InChI=1S/C14H15NO4/c1-9-3-4-11(7-12(9)16)15-8-10-5-6-19-13(10)14(17)18-2/h3-7,15-16H,8H2,1-2H3. The third kappa shape index (κ3) is 2.88. The fourth-order valence-corrected chi connectivity index (χ4v) is 1.66. The first-order chi connectivity index (χ1) is 9.11. The van der Waals surface area contributed by atoms with Crippen LogP contribution < -0.4 is 5.32 Å². The van der Waals surface area contributed by atoms with Gasteiger partial charge in [-0.05, 0) is 24.6 Å². The Morgan fingerprint density at radius 2 is 2.21 bits per heavy atom. The van der Waals surface area contributed by atoms with Crippen LogP contribution in [-0.4, -0.2) is 18.2 Å². The highest BCUT2D eigenvalue weighted by Crippen LogP contribution is 2.22. The zero-order chi connectivity index (χ0) is 13.8. The molecule has 100 valence electrons. The van der Waals surface area contributed by atoms with Gasteiger partial charge in [0.2, 0.25) is 5.76 Å². The Hall–Kier alpha value is -2.43. The molecule has 0 aliphatic rings. The van der Waals surface area contributed by atoms with Crippen molar-refractivity contribution in [2.24, 2.45) is 0 Å². The lowest BCUT2D eigenvalue weighted by molar-refractivity contribution is 0.0563. The van der Waals surface area contributed by atoms with Crippen molar-refractivity contribution in [2.45, 2.75) is 13.5 Å². The van der Waals surface area contributed by atoms with Gasteiger partial charge in [0, 0.05) is 23.9 Å². The number of methoxy groups -OCH3 is 1. The predicted molar refractivity (Wildman–Crippen MR) is 70.2 cm³/mol. The van der Waals surface area contributed by atoms with Crippen LogP contribution in [0, 0.1) is 6.92 Å². The molecule has 1 aromatic carbocycles. The summed E-state index contributed by atoms with van der Waals surface area (Å²) in [5.41, 5.74) is 2.27. The van der Waals surface area contributed by atoms with Gasteiger partial charge in [-0.2, -0.15) is 0 Å². The van der Waals surface area contributed by atoms with E-state index >= 15 is 0 Å². The maximum absolute atomic E-state index is 11.4. The third-order valence-corrected chi connectivity index (χ3v) is 2.81. The number of benzene rings is 1. The topological polar surface area (TPSA) is 71.7 Å². The van der Waals surface area contributed by atoms with Gasteiger partial charge >= 0.3 is 5.97 Å². The lowest BCUT2D eigenvalue weighted by Crippen LogP contribution is -2.06. The first-order valence-electron chi connectivity index (χ1n) is 5.80. The van der Waals surface area contributed by atoms with Gasteiger partial charge in [0.1, 0.15) is 5.75 Å². The van der Waals surface area contributed by atoms with Gasteiger partial charge in [-0.25, -0.2) is 4.79 Å². The van der Waals surface area contributed by atoms with E-state index in [2.05, 4.69) is 10.1 Å². The Morgan fingerprint density at radius 1 is 1.42 bits per heavy atom. The van der Waals surface area contributed by atoms with Gasteiger partial charge < -0.3 is 19.6 Å².